The molecule has 0 amide bonds. The molecule has 1 rings (SSSR count). The lowest BCUT2D eigenvalue weighted by Crippen LogP contribution is -2.30. The van der Waals surface area contributed by atoms with Gasteiger partial charge in [-0.3, -0.25) is 0 Å². The van der Waals surface area contributed by atoms with Crippen molar-refractivity contribution in [3.63, 3.8) is 0 Å². The van der Waals surface area contributed by atoms with Gasteiger partial charge in [-0.25, -0.2) is 0 Å². The second kappa shape index (κ2) is 5.30. The maximum Gasteiger partial charge on any atom is 0.228 e. The number of nitrogens with zero attached hydrogens (tertiary/aromatic N) is 3. The Balaban J connectivity index is 3.02. The van der Waals surface area contributed by atoms with E-state index in [1.54, 1.807) is 0 Å². The normalized spacial score (nSPS) is 12.4. The van der Waals surface area contributed by atoms with Crippen LogP contribution in [-0.2, 0) is 5.75 Å². The summed E-state index contributed by atoms with van der Waals surface area (Å²) in [7, 11) is 0. The SMILES string of the molecule is CC(C)(C)Nc1nc(CS)nc(NC(C)(C)C)n1. The van der Waals surface area contributed by atoms with Gasteiger partial charge in [-0.1, -0.05) is 0 Å². The fourth-order valence-electron chi connectivity index (χ4n) is 1.27. The molecule has 0 aliphatic heterocycles. The van der Waals surface area contributed by atoms with Crippen LogP contribution in [0.2, 0.25) is 0 Å². The number of aromatic nitrogens is 3. The fourth-order valence-corrected chi connectivity index (χ4v) is 1.41. The van der Waals surface area contributed by atoms with E-state index < -0.39 is 0 Å². The van der Waals surface area contributed by atoms with Crippen LogP contribution >= 0.6 is 12.6 Å². The van der Waals surface area contributed by atoms with Gasteiger partial charge in [0.1, 0.15) is 5.82 Å². The van der Waals surface area contributed by atoms with Gasteiger partial charge in [0.25, 0.3) is 0 Å². The van der Waals surface area contributed by atoms with Gasteiger partial charge < -0.3 is 10.6 Å². The molecule has 0 spiro atoms. The van der Waals surface area contributed by atoms with Gasteiger partial charge in [0, 0.05) is 11.1 Å². The number of hydrogen-bond acceptors (Lipinski definition) is 6. The van der Waals surface area contributed by atoms with Gasteiger partial charge in [0.15, 0.2) is 0 Å². The molecular weight excluding hydrogens is 246 g/mol. The van der Waals surface area contributed by atoms with Crippen LogP contribution in [0, 0.1) is 0 Å². The first-order valence-corrected chi connectivity index (χ1v) is 6.64. The van der Waals surface area contributed by atoms with Crippen LogP contribution in [0.5, 0.6) is 0 Å². The van der Waals surface area contributed by atoms with Crippen molar-refractivity contribution < 1.29 is 0 Å². The van der Waals surface area contributed by atoms with E-state index >= 15 is 0 Å². The van der Waals surface area contributed by atoms with Crippen LogP contribution in [0.3, 0.4) is 0 Å². The predicted molar refractivity (Wildman–Crippen MR) is 79.3 cm³/mol. The second-order valence-electron chi connectivity index (χ2n) is 6.31. The van der Waals surface area contributed by atoms with E-state index in [0.717, 1.165) is 0 Å². The Morgan fingerprint density at radius 2 is 1.22 bits per heavy atom. The summed E-state index contributed by atoms with van der Waals surface area (Å²) in [5.41, 5.74) is -0.178. The molecule has 5 nitrogen and oxygen atoms in total. The van der Waals surface area contributed by atoms with Crippen molar-refractivity contribution in [2.45, 2.75) is 58.4 Å². The molecule has 102 valence electrons. The van der Waals surface area contributed by atoms with Crippen molar-refractivity contribution in [2.75, 3.05) is 10.6 Å². The molecule has 0 saturated carbocycles. The van der Waals surface area contributed by atoms with Crippen LogP contribution in [0.25, 0.3) is 0 Å². The average Bonchev–Trinajstić information content (AvgIpc) is 2.11. The standard InChI is InChI=1S/C12H23N5S/c1-11(2,3)16-9-13-8(7-18)14-10(15-9)17-12(4,5)6/h18H,7H2,1-6H3,(H2,13,14,15,16,17). The van der Waals surface area contributed by atoms with Crippen LogP contribution < -0.4 is 10.6 Å². The summed E-state index contributed by atoms with van der Waals surface area (Å²) in [6.45, 7) is 12.4. The maximum atomic E-state index is 4.37. The highest BCUT2D eigenvalue weighted by molar-refractivity contribution is 7.79. The Morgan fingerprint density at radius 3 is 1.50 bits per heavy atom. The summed E-state index contributed by atoms with van der Waals surface area (Å²) in [6.07, 6.45) is 0. The first kappa shape index (κ1) is 15.0. The Labute approximate surface area is 115 Å². The van der Waals surface area contributed by atoms with Crippen molar-refractivity contribution in [3.8, 4) is 0 Å². The van der Waals surface area contributed by atoms with Gasteiger partial charge in [-0.05, 0) is 41.5 Å². The number of rotatable bonds is 3. The minimum absolute atomic E-state index is 0.0891. The lowest BCUT2D eigenvalue weighted by molar-refractivity contribution is 0.614. The maximum absolute atomic E-state index is 4.37. The topological polar surface area (TPSA) is 62.7 Å². The first-order valence-electron chi connectivity index (χ1n) is 6.01. The van der Waals surface area contributed by atoms with E-state index in [-0.39, 0.29) is 11.1 Å². The van der Waals surface area contributed by atoms with E-state index in [1.807, 2.05) is 0 Å². The van der Waals surface area contributed by atoms with Crippen molar-refractivity contribution in [3.05, 3.63) is 5.82 Å². The minimum atomic E-state index is -0.0891. The molecular formula is C12H23N5S. The molecule has 0 aliphatic rings. The molecule has 2 N–H and O–H groups in total. The van der Waals surface area contributed by atoms with Crippen LogP contribution in [0.15, 0.2) is 0 Å². The van der Waals surface area contributed by atoms with E-state index in [1.165, 1.54) is 0 Å². The summed E-state index contributed by atoms with van der Waals surface area (Å²) in [4.78, 5) is 13.0. The Hall–Kier alpha value is -1.04. The van der Waals surface area contributed by atoms with Crippen molar-refractivity contribution in [2.24, 2.45) is 0 Å². The molecule has 0 bridgehead atoms. The lowest BCUT2D eigenvalue weighted by Gasteiger charge is -2.23. The van der Waals surface area contributed by atoms with Gasteiger partial charge >= 0.3 is 0 Å². The Morgan fingerprint density at radius 1 is 0.833 bits per heavy atom. The molecule has 0 atom stereocenters. The molecule has 0 unspecified atom stereocenters. The monoisotopic (exact) mass is 269 g/mol. The highest BCUT2D eigenvalue weighted by Crippen LogP contribution is 2.15. The van der Waals surface area contributed by atoms with Crippen molar-refractivity contribution >= 4 is 24.5 Å². The Bertz CT molecular complexity index is 372. The minimum Gasteiger partial charge on any atom is -0.349 e. The van der Waals surface area contributed by atoms with Gasteiger partial charge in [-0.2, -0.15) is 27.6 Å². The number of nitrogens with one attached hydrogen (secondary N) is 2. The second-order valence-corrected chi connectivity index (χ2v) is 6.62. The van der Waals surface area contributed by atoms with Crippen molar-refractivity contribution in [1.29, 1.82) is 0 Å². The fraction of sp³-hybridized carbons (Fsp3) is 0.750. The molecule has 1 aromatic rings. The summed E-state index contributed by atoms with van der Waals surface area (Å²) in [6, 6.07) is 0. The van der Waals surface area contributed by atoms with Crippen LogP contribution in [-0.4, -0.2) is 26.0 Å². The van der Waals surface area contributed by atoms with Gasteiger partial charge in [0.05, 0.1) is 5.75 Å². The molecule has 0 aromatic carbocycles. The number of anilines is 2. The average molecular weight is 269 g/mol. The highest BCUT2D eigenvalue weighted by atomic mass is 32.1. The zero-order valence-corrected chi connectivity index (χ0v) is 12.9. The third-order valence-electron chi connectivity index (χ3n) is 1.80. The summed E-state index contributed by atoms with van der Waals surface area (Å²) in [5.74, 6) is 2.30. The van der Waals surface area contributed by atoms with Crippen LogP contribution in [0.4, 0.5) is 11.9 Å². The molecule has 1 heterocycles. The van der Waals surface area contributed by atoms with Gasteiger partial charge in [0.2, 0.25) is 11.9 Å². The zero-order valence-electron chi connectivity index (χ0n) is 12.0. The summed E-state index contributed by atoms with van der Waals surface area (Å²) < 4.78 is 0. The van der Waals surface area contributed by atoms with E-state index in [4.69, 9.17) is 0 Å². The molecule has 0 aliphatic carbocycles. The first-order chi connectivity index (χ1) is 8.09. The smallest absolute Gasteiger partial charge is 0.228 e. The van der Waals surface area contributed by atoms with Crippen molar-refractivity contribution in [1.82, 2.24) is 15.0 Å². The largest absolute Gasteiger partial charge is 0.349 e. The number of hydrogen-bond donors (Lipinski definition) is 3. The molecule has 18 heavy (non-hydrogen) atoms. The van der Waals surface area contributed by atoms with Gasteiger partial charge in [-0.15, -0.1) is 0 Å². The van der Waals surface area contributed by atoms with E-state index in [0.29, 0.717) is 23.5 Å². The quantitative estimate of drug-likeness (QED) is 0.736. The highest BCUT2D eigenvalue weighted by Gasteiger charge is 2.16. The molecule has 0 radical (unpaired) electrons. The van der Waals surface area contributed by atoms with E-state index in [2.05, 4.69) is 79.8 Å². The third kappa shape index (κ3) is 5.53. The van der Waals surface area contributed by atoms with Crippen LogP contribution in [0.1, 0.15) is 47.4 Å². The number of thiol groups is 1. The predicted octanol–water partition coefficient (Wildman–Crippen LogP) is 2.72. The van der Waals surface area contributed by atoms with E-state index in [9.17, 15) is 0 Å². The summed E-state index contributed by atoms with van der Waals surface area (Å²) in [5, 5.41) is 6.49. The zero-order chi connectivity index (χ0) is 14.0. The molecule has 1 aromatic heterocycles. The molecule has 0 saturated heterocycles. The summed E-state index contributed by atoms with van der Waals surface area (Å²) >= 11 is 4.22. The molecule has 6 heteroatoms. The molecule has 0 fully saturated rings. The lowest BCUT2D eigenvalue weighted by atomic mass is 10.1. The Kier molecular flexibility index (Phi) is 4.42. The third-order valence-corrected chi connectivity index (χ3v) is 2.08.